The Morgan fingerprint density at radius 3 is 2.82 bits per heavy atom. The molecule has 1 aliphatic rings. The summed E-state index contributed by atoms with van der Waals surface area (Å²) in [5.74, 6) is 1.18. The molecule has 3 heteroatoms. The summed E-state index contributed by atoms with van der Waals surface area (Å²) in [6, 6.07) is 0. The minimum Gasteiger partial charge on any atom is -0.334 e. The Bertz CT molecular complexity index is 339. The predicted molar refractivity (Wildman–Crippen MR) is 70.8 cm³/mol. The lowest BCUT2D eigenvalue weighted by atomic mass is 10.0. The standard InChI is InChI=1S/C14H25N3/c1-3-5-14(6-7-14)12-15-11-13-16-8-10-17(13)9-4-2/h8,10,15H,3-7,9,11-12H2,1-2H3. The SMILES string of the molecule is CCCn1ccnc1CNCC1(CCC)CC1. The number of rotatable bonds is 8. The second kappa shape index (κ2) is 5.67. The Morgan fingerprint density at radius 1 is 1.35 bits per heavy atom. The van der Waals surface area contributed by atoms with Gasteiger partial charge in [-0.15, -0.1) is 0 Å². The molecule has 1 saturated carbocycles. The highest BCUT2D eigenvalue weighted by Crippen LogP contribution is 2.48. The fraction of sp³-hybridized carbons (Fsp3) is 0.786. The van der Waals surface area contributed by atoms with Crippen LogP contribution in [0.3, 0.4) is 0 Å². The van der Waals surface area contributed by atoms with Gasteiger partial charge in [0.15, 0.2) is 0 Å². The molecule has 17 heavy (non-hydrogen) atoms. The van der Waals surface area contributed by atoms with Gasteiger partial charge < -0.3 is 9.88 Å². The maximum atomic E-state index is 4.42. The summed E-state index contributed by atoms with van der Waals surface area (Å²) in [7, 11) is 0. The fourth-order valence-electron chi connectivity index (χ4n) is 2.61. The summed E-state index contributed by atoms with van der Waals surface area (Å²) in [4.78, 5) is 4.42. The Morgan fingerprint density at radius 2 is 2.18 bits per heavy atom. The summed E-state index contributed by atoms with van der Waals surface area (Å²) < 4.78 is 2.26. The van der Waals surface area contributed by atoms with Crippen molar-refractivity contribution in [3.8, 4) is 0 Å². The first-order valence-corrected chi connectivity index (χ1v) is 7.00. The van der Waals surface area contributed by atoms with Crippen LogP contribution < -0.4 is 5.32 Å². The molecule has 0 atom stereocenters. The first-order valence-electron chi connectivity index (χ1n) is 7.00. The molecule has 96 valence electrons. The minimum absolute atomic E-state index is 0.636. The number of hydrogen-bond donors (Lipinski definition) is 1. The van der Waals surface area contributed by atoms with Crippen LogP contribution in [0, 0.1) is 5.41 Å². The van der Waals surface area contributed by atoms with Gasteiger partial charge in [0.2, 0.25) is 0 Å². The maximum absolute atomic E-state index is 4.42. The van der Waals surface area contributed by atoms with Gasteiger partial charge in [-0.2, -0.15) is 0 Å². The van der Waals surface area contributed by atoms with Gasteiger partial charge in [0.05, 0.1) is 6.54 Å². The van der Waals surface area contributed by atoms with Gasteiger partial charge in [-0.3, -0.25) is 0 Å². The molecule has 1 aromatic heterocycles. The van der Waals surface area contributed by atoms with Crippen molar-refractivity contribution in [2.24, 2.45) is 5.41 Å². The lowest BCUT2D eigenvalue weighted by Gasteiger charge is -2.15. The molecular formula is C14H25N3. The second-order valence-electron chi connectivity index (χ2n) is 5.39. The van der Waals surface area contributed by atoms with Crippen molar-refractivity contribution in [3.63, 3.8) is 0 Å². The van der Waals surface area contributed by atoms with E-state index in [0.717, 1.165) is 13.1 Å². The lowest BCUT2D eigenvalue weighted by molar-refractivity contribution is 0.415. The van der Waals surface area contributed by atoms with E-state index in [4.69, 9.17) is 0 Å². The first kappa shape index (κ1) is 12.6. The number of nitrogens with one attached hydrogen (secondary N) is 1. The molecule has 1 heterocycles. The third-order valence-corrected chi connectivity index (χ3v) is 3.79. The van der Waals surface area contributed by atoms with Gasteiger partial charge in [-0.1, -0.05) is 20.3 Å². The van der Waals surface area contributed by atoms with Crippen molar-refractivity contribution < 1.29 is 0 Å². The highest BCUT2D eigenvalue weighted by Gasteiger charge is 2.40. The third kappa shape index (κ3) is 3.32. The van der Waals surface area contributed by atoms with Gasteiger partial charge >= 0.3 is 0 Å². The Labute approximate surface area is 105 Å². The van der Waals surface area contributed by atoms with Crippen LogP contribution in [0.2, 0.25) is 0 Å². The molecule has 0 aliphatic heterocycles. The van der Waals surface area contributed by atoms with Gasteiger partial charge in [-0.25, -0.2) is 4.98 Å². The highest BCUT2D eigenvalue weighted by molar-refractivity contribution is 4.96. The van der Waals surface area contributed by atoms with E-state index in [-0.39, 0.29) is 0 Å². The second-order valence-corrected chi connectivity index (χ2v) is 5.39. The quantitative estimate of drug-likeness (QED) is 0.750. The predicted octanol–water partition coefficient (Wildman–Crippen LogP) is 2.96. The van der Waals surface area contributed by atoms with Gasteiger partial charge in [0.1, 0.15) is 5.82 Å². The molecule has 0 saturated heterocycles. The first-order chi connectivity index (χ1) is 8.29. The molecule has 1 N–H and O–H groups in total. The van der Waals surface area contributed by atoms with Crippen molar-refractivity contribution in [1.82, 2.24) is 14.9 Å². The number of nitrogens with zero attached hydrogens (tertiary/aromatic N) is 2. The van der Waals surface area contributed by atoms with Crippen LogP contribution in [-0.2, 0) is 13.1 Å². The van der Waals surface area contributed by atoms with Crippen molar-refractivity contribution in [2.75, 3.05) is 6.54 Å². The highest BCUT2D eigenvalue weighted by atomic mass is 15.1. The topological polar surface area (TPSA) is 29.9 Å². The third-order valence-electron chi connectivity index (χ3n) is 3.79. The molecule has 2 rings (SSSR count). The molecule has 0 amide bonds. The molecule has 0 aromatic carbocycles. The van der Waals surface area contributed by atoms with Crippen molar-refractivity contribution in [3.05, 3.63) is 18.2 Å². The zero-order valence-electron chi connectivity index (χ0n) is 11.2. The number of hydrogen-bond acceptors (Lipinski definition) is 2. The van der Waals surface area contributed by atoms with E-state index >= 15 is 0 Å². The van der Waals surface area contributed by atoms with Crippen LogP contribution in [0.15, 0.2) is 12.4 Å². The summed E-state index contributed by atoms with van der Waals surface area (Å²) in [5, 5.41) is 3.59. The van der Waals surface area contributed by atoms with Crippen LogP contribution in [0.25, 0.3) is 0 Å². The molecule has 1 fully saturated rings. The van der Waals surface area contributed by atoms with Crippen molar-refractivity contribution >= 4 is 0 Å². The molecule has 0 radical (unpaired) electrons. The summed E-state index contributed by atoms with van der Waals surface area (Å²) in [6.45, 7) is 7.65. The molecule has 1 aliphatic carbocycles. The van der Waals surface area contributed by atoms with E-state index in [1.807, 2.05) is 6.20 Å². The van der Waals surface area contributed by atoms with Gasteiger partial charge in [0, 0.05) is 25.5 Å². The monoisotopic (exact) mass is 235 g/mol. The van der Waals surface area contributed by atoms with Gasteiger partial charge in [-0.05, 0) is 31.1 Å². The van der Waals surface area contributed by atoms with Crippen LogP contribution in [0.5, 0.6) is 0 Å². The van der Waals surface area contributed by atoms with E-state index in [2.05, 4.69) is 34.9 Å². The molecule has 0 bridgehead atoms. The summed E-state index contributed by atoms with van der Waals surface area (Å²) in [5.41, 5.74) is 0.636. The fourth-order valence-corrected chi connectivity index (χ4v) is 2.61. The molecular weight excluding hydrogens is 210 g/mol. The van der Waals surface area contributed by atoms with E-state index in [1.165, 1.54) is 44.5 Å². The zero-order chi connectivity index (χ0) is 12.1. The van der Waals surface area contributed by atoms with E-state index in [0.29, 0.717) is 5.41 Å². The summed E-state index contributed by atoms with van der Waals surface area (Å²) >= 11 is 0. The smallest absolute Gasteiger partial charge is 0.122 e. The van der Waals surface area contributed by atoms with Crippen molar-refractivity contribution in [2.45, 2.75) is 59.0 Å². The Kier molecular flexibility index (Phi) is 4.21. The maximum Gasteiger partial charge on any atom is 0.122 e. The zero-order valence-corrected chi connectivity index (χ0v) is 11.2. The van der Waals surface area contributed by atoms with Gasteiger partial charge in [0.25, 0.3) is 0 Å². The Hall–Kier alpha value is -0.830. The van der Waals surface area contributed by atoms with Crippen molar-refractivity contribution in [1.29, 1.82) is 0 Å². The average molecular weight is 235 g/mol. The molecule has 1 aromatic rings. The minimum atomic E-state index is 0.636. The average Bonchev–Trinajstić information content (AvgIpc) is 2.93. The van der Waals surface area contributed by atoms with Crippen LogP contribution in [0.1, 0.15) is 51.8 Å². The van der Waals surface area contributed by atoms with Crippen LogP contribution in [0.4, 0.5) is 0 Å². The lowest BCUT2D eigenvalue weighted by Crippen LogP contribution is -2.25. The largest absolute Gasteiger partial charge is 0.334 e. The Balaban J connectivity index is 1.76. The number of aromatic nitrogens is 2. The molecule has 0 unspecified atom stereocenters. The normalized spacial score (nSPS) is 17.3. The van der Waals surface area contributed by atoms with E-state index < -0.39 is 0 Å². The number of imidazole rings is 1. The van der Waals surface area contributed by atoms with E-state index in [1.54, 1.807) is 0 Å². The van der Waals surface area contributed by atoms with E-state index in [9.17, 15) is 0 Å². The summed E-state index contributed by atoms with van der Waals surface area (Å²) in [6.07, 6.45) is 10.7. The molecule has 0 spiro atoms. The van der Waals surface area contributed by atoms with Crippen LogP contribution >= 0.6 is 0 Å². The molecule has 3 nitrogen and oxygen atoms in total. The number of aryl methyl sites for hydroxylation is 1. The van der Waals surface area contributed by atoms with Crippen LogP contribution in [-0.4, -0.2) is 16.1 Å².